The number of aryl methyl sites for hydroxylation is 1. The predicted octanol–water partition coefficient (Wildman–Crippen LogP) is 3.24. The molecule has 7 heteroatoms. The van der Waals surface area contributed by atoms with Crippen molar-refractivity contribution < 1.29 is 22.7 Å². The minimum atomic E-state index is -3.03. The van der Waals surface area contributed by atoms with Gasteiger partial charge in [-0.15, -0.1) is 0 Å². The Labute approximate surface area is 178 Å². The summed E-state index contributed by atoms with van der Waals surface area (Å²) in [7, 11) is -1.43. The Morgan fingerprint density at radius 3 is 2.37 bits per heavy atom. The molecule has 0 atom stereocenters. The highest BCUT2D eigenvalue weighted by atomic mass is 32.2. The van der Waals surface area contributed by atoms with Crippen LogP contribution in [0.25, 0.3) is 0 Å². The zero-order valence-corrected chi connectivity index (χ0v) is 18.4. The van der Waals surface area contributed by atoms with Crippen LogP contribution in [0.2, 0.25) is 0 Å². The van der Waals surface area contributed by atoms with Gasteiger partial charge in [-0.3, -0.25) is 4.79 Å². The lowest BCUT2D eigenvalue weighted by Crippen LogP contribution is -2.42. The molecular formula is C23H29NO5S. The molecule has 0 aromatic heterocycles. The monoisotopic (exact) mass is 431 g/mol. The molecule has 162 valence electrons. The number of ether oxygens (including phenoxy) is 2. The molecule has 6 nitrogen and oxygen atoms in total. The van der Waals surface area contributed by atoms with E-state index in [4.69, 9.17) is 9.47 Å². The summed E-state index contributed by atoms with van der Waals surface area (Å²) in [6, 6.07) is 15.6. The van der Waals surface area contributed by atoms with Crippen LogP contribution < -0.4 is 9.47 Å². The van der Waals surface area contributed by atoms with Crippen LogP contribution in [-0.4, -0.2) is 50.9 Å². The first-order valence-corrected chi connectivity index (χ1v) is 12.1. The van der Waals surface area contributed by atoms with Crippen LogP contribution in [-0.2, 0) is 27.7 Å². The molecule has 0 saturated carbocycles. The largest absolute Gasteiger partial charge is 0.493 e. The molecule has 0 N–H and O–H groups in total. The maximum atomic E-state index is 12.6. The molecule has 1 amide bonds. The second-order valence-corrected chi connectivity index (χ2v) is 9.99. The fraction of sp³-hybridized carbons (Fsp3) is 0.435. The Balaban J connectivity index is 1.55. The van der Waals surface area contributed by atoms with Crippen LogP contribution in [0.15, 0.2) is 48.5 Å². The number of piperidine rings is 1. The Morgan fingerprint density at radius 1 is 1.03 bits per heavy atom. The highest BCUT2D eigenvalue weighted by Crippen LogP contribution is 2.29. The topological polar surface area (TPSA) is 72.9 Å². The summed E-state index contributed by atoms with van der Waals surface area (Å²) in [5.41, 5.74) is 2.07. The average Bonchev–Trinajstić information content (AvgIpc) is 2.76. The second kappa shape index (κ2) is 9.98. The van der Waals surface area contributed by atoms with Crippen LogP contribution in [0.4, 0.5) is 0 Å². The zero-order valence-electron chi connectivity index (χ0n) is 17.5. The number of amides is 1. The Morgan fingerprint density at radius 2 is 1.73 bits per heavy atom. The Kier molecular flexibility index (Phi) is 7.37. The number of benzene rings is 2. The lowest BCUT2D eigenvalue weighted by Gasteiger charge is -2.31. The molecule has 0 unspecified atom stereocenters. The molecule has 2 aromatic rings. The van der Waals surface area contributed by atoms with E-state index in [1.165, 1.54) is 6.26 Å². The van der Waals surface area contributed by atoms with E-state index in [2.05, 4.69) is 0 Å². The van der Waals surface area contributed by atoms with Gasteiger partial charge in [-0.2, -0.15) is 0 Å². The lowest BCUT2D eigenvalue weighted by atomic mass is 10.1. The van der Waals surface area contributed by atoms with Gasteiger partial charge in [0.05, 0.1) is 12.4 Å². The summed E-state index contributed by atoms with van der Waals surface area (Å²) < 4.78 is 34.7. The molecule has 1 aliphatic heterocycles. The van der Waals surface area contributed by atoms with Crippen molar-refractivity contribution in [2.24, 2.45) is 0 Å². The summed E-state index contributed by atoms with van der Waals surface area (Å²) in [4.78, 5) is 14.3. The second-order valence-electron chi connectivity index (χ2n) is 7.67. The van der Waals surface area contributed by atoms with Crippen LogP contribution in [0.5, 0.6) is 11.5 Å². The molecule has 1 saturated heterocycles. The summed E-state index contributed by atoms with van der Waals surface area (Å²) in [5.74, 6) is 1.37. The van der Waals surface area contributed by atoms with Crippen molar-refractivity contribution in [1.29, 1.82) is 0 Å². The van der Waals surface area contributed by atoms with E-state index in [0.29, 0.717) is 56.9 Å². The Bertz CT molecular complexity index is 951. The van der Waals surface area contributed by atoms with Crippen molar-refractivity contribution in [2.75, 3.05) is 26.5 Å². The fourth-order valence-corrected chi connectivity index (χ4v) is 4.73. The van der Waals surface area contributed by atoms with Crippen molar-refractivity contribution in [3.63, 3.8) is 0 Å². The first-order valence-electron chi connectivity index (χ1n) is 10.2. The minimum absolute atomic E-state index is 0.0597. The summed E-state index contributed by atoms with van der Waals surface area (Å²) in [6.07, 6.45) is 3.29. The van der Waals surface area contributed by atoms with Crippen LogP contribution in [0, 0.1) is 0 Å². The SMILES string of the molecule is COc1ccc(CCC(=O)N2CCC(S(C)(=O)=O)CC2)cc1OCc1ccccc1. The van der Waals surface area contributed by atoms with Gasteiger partial charge in [0.25, 0.3) is 0 Å². The standard InChI is InChI=1S/C23H29NO5S/c1-28-21-10-8-18(16-22(21)29-17-19-6-4-3-5-7-19)9-11-23(25)24-14-12-20(13-15-24)30(2,26)27/h3-8,10,16,20H,9,11-15,17H2,1-2H3. The van der Waals surface area contributed by atoms with Crippen LogP contribution in [0.3, 0.4) is 0 Å². The molecule has 0 aliphatic carbocycles. The molecule has 30 heavy (non-hydrogen) atoms. The van der Waals surface area contributed by atoms with E-state index in [1.54, 1.807) is 12.0 Å². The summed E-state index contributed by atoms with van der Waals surface area (Å²) in [6.45, 7) is 1.45. The number of hydrogen-bond donors (Lipinski definition) is 0. The van der Waals surface area contributed by atoms with E-state index in [0.717, 1.165) is 11.1 Å². The summed E-state index contributed by atoms with van der Waals surface area (Å²) in [5, 5.41) is -0.326. The average molecular weight is 432 g/mol. The molecule has 1 heterocycles. The maximum absolute atomic E-state index is 12.6. The smallest absolute Gasteiger partial charge is 0.222 e. The van der Waals surface area contributed by atoms with Crippen LogP contribution in [0.1, 0.15) is 30.4 Å². The van der Waals surface area contributed by atoms with Crippen molar-refractivity contribution in [2.45, 2.75) is 37.5 Å². The quantitative estimate of drug-likeness (QED) is 0.642. The van der Waals surface area contributed by atoms with Gasteiger partial charge in [-0.25, -0.2) is 8.42 Å². The van der Waals surface area contributed by atoms with Gasteiger partial charge in [-0.05, 0) is 42.5 Å². The number of nitrogens with zero attached hydrogens (tertiary/aromatic N) is 1. The van der Waals surface area contributed by atoms with Gasteiger partial charge in [-0.1, -0.05) is 36.4 Å². The Hall–Kier alpha value is -2.54. The molecule has 1 fully saturated rings. The molecule has 3 rings (SSSR count). The minimum Gasteiger partial charge on any atom is -0.493 e. The first kappa shape index (κ1) is 22.2. The van der Waals surface area contributed by atoms with E-state index < -0.39 is 9.84 Å². The van der Waals surface area contributed by atoms with Gasteiger partial charge >= 0.3 is 0 Å². The number of rotatable bonds is 8. The van der Waals surface area contributed by atoms with Crippen molar-refractivity contribution in [3.05, 3.63) is 59.7 Å². The molecule has 1 aliphatic rings. The van der Waals surface area contributed by atoms with Gasteiger partial charge in [0.15, 0.2) is 11.5 Å². The van der Waals surface area contributed by atoms with Crippen molar-refractivity contribution in [1.82, 2.24) is 4.90 Å². The third-order valence-corrected chi connectivity index (χ3v) is 7.18. The van der Waals surface area contributed by atoms with Gasteiger partial charge in [0, 0.05) is 25.8 Å². The third kappa shape index (κ3) is 5.98. The number of hydrogen-bond acceptors (Lipinski definition) is 5. The summed E-state index contributed by atoms with van der Waals surface area (Å²) >= 11 is 0. The number of carbonyl (C=O) groups excluding carboxylic acids is 1. The van der Waals surface area contributed by atoms with Gasteiger partial charge in [0.1, 0.15) is 16.4 Å². The highest BCUT2D eigenvalue weighted by Gasteiger charge is 2.28. The van der Waals surface area contributed by atoms with Crippen molar-refractivity contribution in [3.8, 4) is 11.5 Å². The normalized spacial score (nSPS) is 15.1. The van der Waals surface area contributed by atoms with Gasteiger partial charge in [0.2, 0.25) is 5.91 Å². The van der Waals surface area contributed by atoms with E-state index in [1.807, 2.05) is 48.5 Å². The number of carbonyl (C=O) groups is 1. The molecular weight excluding hydrogens is 402 g/mol. The van der Waals surface area contributed by atoms with E-state index >= 15 is 0 Å². The maximum Gasteiger partial charge on any atom is 0.222 e. The van der Waals surface area contributed by atoms with Crippen molar-refractivity contribution >= 4 is 15.7 Å². The fourth-order valence-electron chi connectivity index (χ4n) is 3.67. The zero-order chi connectivity index (χ0) is 21.6. The lowest BCUT2D eigenvalue weighted by molar-refractivity contribution is -0.132. The van der Waals surface area contributed by atoms with Crippen LogP contribution >= 0.6 is 0 Å². The predicted molar refractivity (Wildman–Crippen MR) is 117 cm³/mol. The number of likely N-dealkylation sites (tertiary alicyclic amines) is 1. The first-order chi connectivity index (χ1) is 14.4. The molecule has 0 radical (unpaired) electrons. The number of methoxy groups -OCH3 is 1. The van der Waals surface area contributed by atoms with E-state index in [9.17, 15) is 13.2 Å². The molecule has 0 bridgehead atoms. The third-order valence-electron chi connectivity index (χ3n) is 5.49. The molecule has 2 aromatic carbocycles. The van der Waals surface area contributed by atoms with E-state index in [-0.39, 0.29) is 11.2 Å². The molecule has 0 spiro atoms. The van der Waals surface area contributed by atoms with Gasteiger partial charge < -0.3 is 14.4 Å². The number of sulfone groups is 1. The highest BCUT2D eigenvalue weighted by molar-refractivity contribution is 7.91.